The summed E-state index contributed by atoms with van der Waals surface area (Å²) in [5.74, 6) is 0. The Morgan fingerprint density at radius 2 is 1.12 bits per heavy atom. The Bertz CT molecular complexity index is 872. The second-order valence-corrected chi connectivity index (χ2v) is 15.7. The molecule has 22 heteroatoms. The zero-order valence-electron chi connectivity index (χ0n) is 24.8. The fourth-order valence-corrected chi connectivity index (χ4v) is 5.40. The van der Waals surface area contributed by atoms with Gasteiger partial charge in [0.25, 0.3) is 10.1 Å². The van der Waals surface area contributed by atoms with Gasteiger partial charge in [-0.3, -0.25) is 13.2 Å². The molecule has 3 atom stereocenters. The standard InChI is InChI=1S/C6H16NO6PS.C5H14NO4P.C4H10NO3P.C3H9NO.CH4/c1-6(5-13-15(4,9)10)7-14(8,11-2)12-3;1-5(4-7)6-11(8,9-2)10-3;1-7-9(6,8-2)5-3-4-5;1-3(4)2-5;/h6H,5H2,1-4H3,(H,7,8);5,7H,4H2,1-3H3,(H,6,8);3-4H2,1-2H3;3,5H,2,4H2,1H3;1H4/t6-;5-;;3-;/m00.0./s1. The molecule has 6 N–H and O–H groups in total. The SMILES string of the molecule is C.COP(=O)(N[C@@H](C)CO)OC.COP(=O)(N[C@@H](C)COS(C)(=O)=O)OC.COP(=O)(OC)N1CC1.C[C@H](N)CO. The molecule has 0 amide bonds. The van der Waals surface area contributed by atoms with Crippen LogP contribution in [0.4, 0.5) is 0 Å². The van der Waals surface area contributed by atoms with Crippen molar-refractivity contribution in [2.24, 2.45) is 5.73 Å². The van der Waals surface area contributed by atoms with E-state index < -0.39 is 39.4 Å². The first-order valence-electron chi connectivity index (χ1n) is 11.6. The van der Waals surface area contributed by atoms with E-state index in [1.807, 2.05) is 0 Å². The zero-order chi connectivity index (χ0) is 32.2. The van der Waals surface area contributed by atoms with Crippen molar-refractivity contribution in [2.45, 2.75) is 46.3 Å². The van der Waals surface area contributed by atoms with Gasteiger partial charge in [0.05, 0.1) is 26.1 Å². The van der Waals surface area contributed by atoms with Gasteiger partial charge in [-0.1, -0.05) is 7.43 Å². The monoisotopic (exact) mass is 686 g/mol. The van der Waals surface area contributed by atoms with Gasteiger partial charge in [0.2, 0.25) is 0 Å². The average Bonchev–Trinajstić information content (AvgIpc) is 3.78. The molecule has 0 aromatic carbocycles. The van der Waals surface area contributed by atoms with Crippen molar-refractivity contribution >= 4 is 33.4 Å². The van der Waals surface area contributed by atoms with Crippen LogP contribution >= 0.6 is 23.2 Å². The molecule has 1 fully saturated rings. The van der Waals surface area contributed by atoms with E-state index in [2.05, 4.69) is 41.5 Å². The van der Waals surface area contributed by atoms with E-state index in [0.29, 0.717) is 0 Å². The van der Waals surface area contributed by atoms with E-state index in [9.17, 15) is 22.1 Å². The van der Waals surface area contributed by atoms with E-state index in [-0.39, 0.29) is 39.3 Å². The van der Waals surface area contributed by atoms with Gasteiger partial charge >= 0.3 is 23.2 Å². The van der Waals surface area contributed by atoms with Crippen molar-refractivity contribution in [1.82, 2.24) is 14.8 Å². The molecule has 0 bridgehead atoms. The van der Waals surface area contributed by atoms with Crippen LogP contribution in [0.3, 0.4) is 0 Å². The first kappa shape index (κ1) is 48.0. The quantitative estimate of drug-likeness (QED) is 0.0874. The highest BCUT2D eigenvalue weighted by atomic mass is 32.2. The lowest BCUT2D eigenvalue weighted by atomic mass is 10.4. The molecule has 41 heavy (non-hydrogen) atoms. The second-order valence-electron chi connectivity index (χ2n) is 7.90. The van der Waals surface area contributed by atoms with Crippen molar-refractivity contribution in [1.29, 1.82) is 0 Å². The molecule has 0 unspecified atom stereocenters. The molecule has 1 heterocycles. The lowest BCUT2D eigenvalue weighted by Crippen LogP contribution is -2.30. The first-order valence-corrected chi connectivity index (χ1v) is 18.0. The fourth-order valence-electron chi connectivity index (χ4n) is 1.80. The summed E-state index contributed by atoms with van der Waals surface area (Å²) >= 11 is 0. The summed E-state index contributed by atoms with van der Waals surface area (Å²) in [6, 6.07) is -0.846. The van der Waals surface area contributed by atoms with Crippen molar-refractivity contribution < 1.29 is 63.7 Å². The first-order chi connectivity index (χ1) is 18.3. The molecule has 18 nitrogen and oxygen atoms in total. The average molecular weight is 687 g/mol. The number of nitrogens with one attached hydrogen (secondary N) is 2. The van der Waals surface area contributed by atoms with E-state index in [0.717, 1.165) is 19.3 Å². The molecule has 0 radical (unpaired) electrons. The topological polar surface area (TPSA) is 244 Å². The second kappa shape index (κ2) is 24.4. The number of rotatable bonds is 16. The van der Waals surface area contributed by atoms with Gasteiger partial charge in [-0.15, -0.1) is 0 Å². The highest BCUT2D eigenvalue weighted by Gasteiger charge is 2.39. The molecule has 0 aromatic rings. The number of nitrogens with two attached hydrogens (primary N) is 1. The molecule has 1 aliphatic rings. The van der Waals surface area contributed by atoms with Gasteiger partial charge in [-0.2, -0.15) is 8.42 Å². The fraction of sp³-hybridized carbons (Fsp3) is 1.00. The Hall–Kier alpha value is 0.120. The third-order valence-corrected chi connectivity index (χ3v) is 10.1. The predicted molar refractivity (Wildman–Crippen MR) is 157 cm³/mol. The molecule has 1 saturated heterocycles. The molecule has 0 saturated carbocycles. The number of nitrogens with zero attached hydrogens (tertiary/aromatic N) is 1. The van der Waals surface area contributed by atoms with Crippen molar-refractivity contribution in [3.8, 4) is 0 Å². The number of aliphatic hydroxyl groups excluding tert-OH is 2. The maximum Gasteiger partial charge on any atom is 0.407 e. The van der Waals surface area contributed by atoms with Crippen molar-refractivity contribution in [2.75, 3.05) is 81.8 Å². The summed E-state index contributed by atoms with van der Waals surface area (Å²) in [5, 5.41) is 21.6. The van der Waals surface area contributed by atoms with Crippen LogP contribution in [0, 0.1) is 0 Å². The summed E-state index contributed by atoms with van der Waals surface area (Å²) in [6.45, 7) is 6.48. The molecule has 1 rings (SSSR count). The van der Waals surface area contributed by atoms with Gasteiger partial charge in [-0.25, -0.2) is 28.5 Å². The summed E-state index contributed by atoms with van der Waals surface area (Å²) in [5.41, 5.74) is 5.04. The Morgan fingerprint density at radius 1 is 0.780 bits per heavy atom. The normalized spacial score (nSPS) is 15.8. The van der Waals surface area contributed by atoms with Crippen LogP contribution < -0.4 is 15.9 Å². The third-order valence-electron chi connectivity index (χ3n) is 4.04. The van der Waals surface area contributed by atoms with E-state index >= 15 is 0 Å². The van der Waals surface area contributed by atoms with Crippen LogP contribution in [0.15, 0.2) is 0 Å². The summed E-state index contributed by atoms with van der Waals surface area (Å²) in [7, 11) is -5.03. The van der Waals surface area contributed by atoms with Gasteiger partial charge in [0, 0.05) is 73.9 Å². The Kier molecular flexibility index (Phi) is 28.6. The number of hydrogen-bond donors (Lipinski definition) is 5. The van der Waals surface area contributed by atoms with Crippen LogP contribution in [0.5, 0.6) is 0 Å². The van der Waals surface area contributed by atoms with Crippen LogP contribution in [0.2, 0.25) is 0 Å². The Labute approximate surface area is 245 Å². The number of hydrogen-bond acceptors (Lipinski definition) is 15. The van der Waals surface area contributed by atoms with Crippen molar-refractivity contribution in [3.63, 3.8) is 0 Å². The molecular weight excluding hydrogens is 633 g/mol. The molecule has 0 aliphatic carbocycles. The summed E-state index contributed by atoms with van der Waals surface area (Å²) in [6.07, 6.45) is 0.936. The molecule has 254 valence electrons. The third kappa shape index (κ3) is 26.3. The summed E-state index contributed by atoms with van der Waals surface area (Å²) < 4.78 is 89.1. The van der Waals surface area contributed by atoms with Crippen LogP contribution in [-0.2, 0) is 55.1 Å². The summed E-state index contributed by atoms with van der Waals surface area (Å²) in [4.78, 5) is 0. The predicted octanol–water partition coefficient (Wildman–Crippen LogP) is 1.36. The Morgan fingerprint density at radius 3 is 1.32 bits per heavy atom. The highest BCUT2D eigenvalue weighted by molar-refractivity contribution is 7.86. The molecular formula is C19H53N4O14P3S. The Balaban J connectivity index is -0.000000234. The van der Waals surface area contributed by atoms with Gasteiger partial charge < -0.3 is 34.0 Å². The molecule has 0 aromatic heterocycles. The minimum atomic E-state index is -3.50. The van der Waals surface area contributed by atoms with Gasteiger partial charge in [-0.05, 0) is 20.8 Å². The molecule has 0 spiro atoms. The highest BCUT2D eigenvalue weighted by Crippen LogP contribution is 2.54. The van der Waals surface area contributed by atoms with Crippen LogP contribution in [0.1, 0.15) is 28.2 Å². The number of aliphatic hydroxyl groups is 2. The minimum Gasteiger partial charge on any atom is -0.395 e. The maximum absolute atomic E-state index is 11.5. The van der Waals surface area contributed by atoms with Gasteiger partial charge in [0.1, 0.15) is 0 Å². The van der Waals surface area contributed by atoms with E-state index in [1.165, 1.54) is 42.7 Å². The lowest BCUT2D eigenvalue weighted by molar-refractivity contribution is 0.230. The van der Waals surface area contributed by atoms with E-state index in [4.69, 9.17) is 15.9 Å². The van der Waals surface area contributed by atoms with Crippen LogP contribution in [0.25, 0.3) is 0 Å². The largest absolute Gasteiger partial charge is 0.407 e. The smallest absolute Gasteiger partial charge is 0.395 e. The maximum atomic E-state index is 11.5. The minimum absolute atomic E-state index is 0. The van der Waals surface area contributed by atoms with Crippen molar-refractivity contribution in [3.05, 3.63) is 0 Å². The van der Waals surface area contributed by atoms with E-state index in [1.54, 1.807) is 25.4 Å². The lowest BCUT2D eigenvalue weighted by Gasteiger charge is -2.19. The van der Waals surface area contributed by atoms with Crippen LogP contribution in [-0.4, -0.2) is 123 Å². The van der Waals surface area contributed by atoms with Gasteiger partial charge in [0.15, 0.2) is 0 Å². The molecule has 1 aliphatic heterocycles. The zero-order valence-corrected chi connectivity index (χ0v) is 28.3.